The lowest BCUT2D eigenvalue weighted by Crippen LogP contribution is -1.99. The van der Waals surface area contributed by atoms with E-state index in [2.05, 4.69) is 38.8 Å². The van der Waals surface area contributed by atoms with E-state index in [9.17, 15) is 0 Å². The summed E-state index contributed by atoms with van der Waals surface area (Å²) in [5, 5.41) is 0. The Morgan fingerprint density at radius 2 is 1.75 bits per heavy atom. The van der Waals surface area contributed by atoms with Crippen LogP contribution in [0.25, 0.3) is 0 Å². The number of unbranched alkanes of at least 4 members (excludes halogenated alkanes) is 3. The number of anilines is 1. The molecule has 1 aromatic rings. The number of nitrogens with two attached hydrogens (primary N) is 1. The molecule has 0 spiro atoms. The van der Waals surface area contributed by atoms with Gasteiger partial charge in [0.25, 0.3) is 0 Å². The lowest BCUT2D eigenvalue weighted by molar-refractivity contribution is 0.301. The molecule has 0 aliphatic rings. The van der Waals surface area contributed by atoms with Gasteiger partial charge in [0.05, 0.1) is 15.6 Å². The average molecular weight is 351 g/mol. The highest BCUT2D eigenvalue weighted by atomic mass is 79.9. The molecule has 0 bridgehead atoms. The molecule has 0 amide bonds. The van der Waals surface area contributed by atoms with E-state index in [4.69, 9.17) is 10.5 Å². The van der Waals surface area contributed by atoms with Crippen LogP contribution in [0, 0.1) is 0 Å². The second-order valence-electron chi connectivity index (χ2n) is 3.72. The number of hydrogen-bond donors (Lipinski definition) is 1. The van der Waals surface area contributed by atoms with Crippen molar-refractivity contribution in [3.63, 3.8) is 0 Å². The Labute approximate surface area is 114 Å². The highest BCUT2D eigenvalue weighted by Gasteiger charge is 2.07. The van der Waals surface area contributed by atoms with E-state index in [1.54, 1.807) is 0 Å². The zero-order chi connectivity index (χ0) is 12.0. The zero-order valence-corrected chi connectivity index (χ0v) is 12.6. The van der Waals surface area contributed by atoms with Crippen molar-refractivity contribution in [2.75, 3.05) is 12.3 Å². The molecule has 2 N–H and O–H groups in total. The molecule has 1 aromatic carbocycles. The summed E-state index contributed by atoms with van der Waals surface area (Å²) >= 11 is 6.89. The second-order valence-corrected chi connectivity index (χ2v) is 5.43. The maximum Gasteiger partial charge on any atom is 0.147 e. The van der Waals surface area contributed by atoms with E-state index in [0.717, 1.165) is 33.4 Å². The standard InChI is InChI=1S/C12H17Br2NO/c1-2-3-4-5-6-16-12-10(13)7-9(15)8-11(12)14/h7-8H,2-6,15H2,1H3. The number of ether oxygens (including phenoxy) is 1. The van der Waals surface area contributed by atoms with Gasteiger partial charge in [-0.3, -0.25) is 0 Å². The van der Waals surface area contributed by atoms with Crippen LogP contribution in [0.4, 0.5) is 5.69 Å². The van der Waals surface area contributed by atoms with Crippen molar-refractivity contribution < 1.29 is 4.74 Å². The Bertz CT molecular complexity index is 319. The summed E-state index contributed by atoms with van der Waals surface area (Å²) in [5.74, 6) is 0.839. The van der Waals surface area contributed by atoms with Crippen molar-refractivity contribution in [3.05, 3.63) is 21.1 Å². The van der Waals surface area contributed by atoms with E-state index >= 15 is 0 Å². The Morgan fingerprint density at radius 1 is 1.12 bits per heavy atom. The van der Waals surface area contributed by atoms with Crippen LogP contribution >= 0.6 is 31.9 Å². The van der Waals surface area contributed by atoms with Crippen molar-refractivity contribution in [3.8, 4) is 5.75 Å². The van der Waals surface area contributed by atoms with Gasteiger partial charge < -0.3 is 10.5 Å². The monoisotopic (exact) mass is 349 g/mol. The third-order valence-corrected chi connectivity index (χ3v) is 3.44. The van der Waals surface area contributed by atoms with E-state index in [1.165, 1.54) is 19.3 Å². The van der Waals surface area contributed by atoms with Crippen molar-refractivity contribution >= 4 is 37.5 Å². The first-order valence-corrected chi connectivity index (χ1v) is 7.11. The first-order valence-electron chi connectivity index (χ1n) is 5.52. The molecule has 0 saturated carbocycles. The van der Waals surface area contributed by atoms with Gasteiger partial charge in [-0.1, -0.05) is 26.2 Å². The highest BCUT2D eigenvalue weighted by Crippen LogP contribution is 2.35. The average Bonchev–Trinajstić information content (AvgIpc) is 2.20. The van der Waals surface area contributed by atoms with Crippen LogP contribution in [-0.4, -0.2) is 6.61 Å². The van der Waals surface area contributed by atoms with Crippen molar-refractivity contribution in [2.24, 2.45) is 0 Å². The zero-order valence-electron chi connectivity index (χ0n) is 9.43. The van der Waals surface area contributed by atoms with Crippen LogP contribution in [0.5, 0.6) is 5.75 Å². The minimum absolute atomic E-state index is 0.720. The Kier molecular flexibility index (Phi) is 6.21. The first-order chi connectivity index (χ1) is 7.65. The summed E-state index contributed by atoms with van der Waals surface area (Å²) in [6, 6.07) is 3.71. The normalized spacial score (nSPS) is 10.4. The molecule has 0 heterocycles. The minimum atomic E-state index is 0.720. The number of nitrogen functional groups attached to an aromatic ring is 1. The van der Waals surface area contributed by atoms with Gasteiger partial charge in [0.15, 0.2) is 0 Å². The van der Waals surface area contributed by atoms with Gasteiger partial charge in [-0.2, -0.15) is 0 Å². The fourth-order valence-corrected chi connectivity index (χ4v) is 2.87. The van der Waals surface area contributed by atoms with Crippen molar-refractivity contribution in [2.45, 2.75) is 32.6 Å². The van der Waals surface area contributed by atoms with Crippen molar-refractivity contribution in [1.82, 2.24) is 0 Å². The molecule has 0 fully saturated rings. The molecule has 90 valence electrons. The predicted molar refractivity (Wildman–Crippen MR) is 75.9 cm³/mol. The topological polar surface area (TPSA) is 35.2 Å². The van der Waals surface area contributed by atoms with E-state index in [1.807, 2.05) is 12.1 Å². The molecule has 0 saturated heterocycles. The third-order valence-electron chi connectivity index (χ3n) is 2.26. The van der Waals surface area contributed by atoms with Gasteiger partial charge in [-0.15, -0.1) is 0 Å². The molecule has 2 nitrogen and oxygen atoms in total. The lowest BCUT2D eigenvalue weighted by atomic mass is 10.2. The fraction of sp³-hybridized carbons (Fsp3) is 0.500. The van der Waals surface area contributed by atoms with Crippen LogP contribution in [0.2, 0.25) is 0 Å². The first kappa shape index (κ1) is 13.8. The largest absolute Gasteiger partial charge is 0.491 e. The molecular weight excluding hydrogens is 334 g/mol. The number of hydrogen-bond acceptors (Lipinski definition) is 2. The molecule has 0 radical (unpaired) electrons. The van der Waals surface area contributed by atoms with Crippen LogP contribution in [0.15, 0.2) is 21.1 Å². The summed E-state index contributed by atoms with van der Waals surface area (Å²) in [7, 11) is 0. The Balaban J connectivity index is 2.47. The lowest BCUT2D eigenvalue weighted by Gasteiger charge is -2.10. The van der Waals surface area contributed by atoms with Gasteiger partial charge in [0.1, 0.15) is 5.75 Å². The number of halogens is 2. The number of benzene rings is 1. The molecule has 0 aromatic heterocycles. The predicted octanol–water partition coefficient (Wildman–Crippen LogP) is 4.75. The second kappa shape index (κ2) is 7.17. The molecule has 16 heavy (non-hydrogen) atoms. The van der Waals surface area contributed by atoms with Gasteiger partial charge in [-0.25, -0.2) is 0 Å². The molecule has 1 rings (SSSR count). The maximum absolute atomic E-state index is 5.72. The van der Waals surface area contributed by atoms with Gasteiger partial charge in [0.2, 0.25) is 0 Å². The highest BCUT2D eigenvalue weighted by molar-refractivity contribution is 9.11. The summed E-state index contributed by atoms with van der Waals surface area (Å²) < 4.78 is 7.52. The Hall–Kier alpha value is -0.220. The molecular formula is C12H17Br2NO. The quantitative estimate of drug-likeness (QED) is 0.593. The molecule has 0 aliphatic heterocycles. The smallest absolute Gasteiger partial charge is 0.147 e. The Morgan fingerprint density at radius 3 is 2.31 bits per heavy atom. The van der Waals surface area contributed by atoms with E-state index < -0.39 is 0 Å². The van der Waals surface area contributed by atoms with Gasteiger partial charge in [0, 0.05) is 5.69 Å². The van der Waals surface area contributed by atoms with E-state index in [0.29, 0.717) is 0 Å². The van der Waals surface area contributed by atoms with Crippen molar-refractivity contribution in [1.29, 1.82) is 0 Å². The van der Waals surface area contributed by atoms with Crippen LogP contribution in [-0.2, 0) is 0 Å². The SMILES string of the molecule is CCCCCCOc1c(Br)cc(N)cc1Br. The molecule has 4 heteroatoms. The molecule has 0 atom stereocenters. The third kappa shape index (κ3) is 4.34. The summed E-state index contributed by atoms with van der Waals surface area (Å²) in [5.41, 5.74) is 6.43. The van der Waals surface area contributed by atoms with Crippen LogP contribution < -0.4 is 10.5 Å². The van der Waals surface area contributed by atoms with Gasteiger partial charge >= 0.3 is 0 Å². The summed E-state index contributed by atoms with van der Waals surface area (Å²) in [6.45, 7) is 2.95. The number of rotatable bonds is 6. The van der Waals surface area contributed by atoms with Crippen LogP contribution in [0.1, 0.15) is 32.6 Å². The molecule has 0 aliphatic carbocycles. The van der Waals surface area contributed by atoms with Gasteiger partial charge in [-0.05, 0) is 50.4 Å². The maximum atomic E-state index is 5.72. The van der Waals surface area contributed by atoms with Crippen LogP contribution in [0.3, 0.4) is 0 Å². The molecule has 0 unspecified atom stereocenters. The summed E-state index contributed by atoms with van der Waals surface area (Å²) in [6.07, 6.45) is 4.83. The van der Waals surface area contributed by atoms with E-state index in [-0.39, 0.29) is 0 Å². The minimum Gasteiger partial charge on any atom is -0.491 e. The fourth-order valence-electron chi connectivity index (χ4n) is 1.42. The summed E-state index contributed by atoms with van der Waals surface area (Å²) in [4.78, 5) is 0.